The molecule has 0 radical (unpaired) electrons. The lowest BCUT2D eigenvalue weighted by atomic mass is 9.87. The van der Waals surface area contributed by atoms with E-state index in [1.807, 2.05) is 65.5 Å². The van der Waals surface area contributed by atoms with Crippen molar-refractivity contribution in [1.82, 2.24) is 14.8 Å². The van der Waals surface area contributed by atoms with E-state index in [1.54, 1.807) is 12.3 Å². The Hall–Kier alpha value is -5.01. The molecule has 5 aromatic rings. The van der Waals surface area contributed by atoms with Crippen molar-refractivity contribution in [3.05, 3.63) is 126 Å². The third-order valence-corrected chi connectivity index (χ3v) is 7.63. The molecule has 1 aliphatic heterocycles. The van der Waals surface area contributed by atoms with Crippen molar-refractivity contribution in [3.63, 3.8) is 0 Å². The molecular weight excluding hydrogens is 538 g/mol. The molecule has 0 saturated carbocycles. The molecule has 1 N–H and O–H groups in total. The van der Waals surface area contributed by atoms with Crippen LogP contribution < -0.4 is 4.74 Å². The van der Waals surface area contributed by atoms with E-state index in [2.05, 4.69) is 42.2 Å². The van der Waals surface area contributed by atoms with Crippen LogP contribution in [0, 0.1) is 0 Å². The molecule has 43 heavy (non-hydrogen) atoms. The maximum atomic E-state index is 11.0. The predicted octanol–water partition coefficient (Wildman–Crippen LogP) is 8.39. The van der Waals surface area contributed by atoms with Gasteiger partial charge in [-0.25, -0.2) is 14.5 Å². The van der Waals surface area contributed by atoms with Gasteiger partial charge in [0.1, 0.15) is 5.75 Å². The van der Waals surface area contributed by atoms with Gasteiger partial charge in [0.25, 0.3) is 0 Å². The number of benzene rings is 3. The molecule has 0 amide bonds. The summed E-state index contributed by atoms with van der Waals surface area (Å²) in [6.45, 7) is 2.92. The number of hydrogen-bond acceptors (Lipinski definition) is 5. The van der Waals surface area contributed by atoms with Crippen molar-refractivity contribution in [3.8, 4) is 11.6 Å². The van der Waals surface area contributed by atoms with Crippen LogP contribution in [0.3, 0.4) is 0 Å². The molecular formula is C36H33N3O4. The molecule has 7 heteroatoms. The number of carboxylic acid groups (broad SMARTS) is 1. The van der Waals surface area contributed by atoms with Crippen LogP contribution in [0.5, 0.6) is 11.6 Å². The van der Waals surface area contributed by atoms with E-state index in [4.69, 9.17) is 19.7 Å². The minimum Gasteiger partial charge on any atom is -0.478 e. The average Bonchev–Trinajstić information content (AvgIpc) is 3.47. The largest absolute Gasteiger partial charge is 0.478 e. The van der Waals surface area contributed by atoms with E-state index >= 15 is 0 Å². The highest BCUT2D eigenvalue weighted by Crippen LogP contribution is 2.37. The van der Waals surface area contributed by atoms with E-state index in [0.717, 1.165) is 82.7 Å². The van der Waals surface area contributed by atoms with Crippen molar-refractivity contribution in [2.75, 3.05) is 6.61 Å². The Morgan fingerprint density at radius 2 is 1.86 bits per heavy atom. The topological polar surface area (TPSA) is 86.5 Å². The Morgan fingerprint density at radius 3 is 2.60 bits per heavy atom. The highest BCUT2D eigenvalue weighted by Gasteiger charge is 2.20. The van der Waals surface area contributed by atoms with Gasteiger partial charge in [0.05, 0.1) is 11.7 Å². The van der Waals surface area contributed by atoms with E-state index in [1.165, 1.54) is 0 Å². The molecule has 216 valence electrons. The lowest BCUT2D eigenvalue weighted by molar-refractivity contribution is -0.131. The van der Waals surface area contributed by atoms with Crippen LogP contribution in [0.15, 0.2) is 103 Å². The number of fused-ring (bicyclic) bond motifs is 1. The number of carboxylic acids is 1. The molecule has 3 heterocycles. The van der Waals surface area contributed by atoms with Gasteiger partial charge in [0, 0.05) is 30.3 Å². The highest BCUT2D eigenvalue weighted by molar-refractivity contribution is 6.00. The van der Waals surface area contributed by atoms with Crippen LogP contribution in [0.25, 0.3) is 28.1 Å². The minimum absolute atomic E-state index is 0.0356. The highest BCUT2D eigenvalue weighted by atomic mass is 16.5. The second kappa shape index (κ2) is 12.9. The van der Waals surface area contributed by atoms with Gasteiger partial charge < -0.3 is 14.6 Å². The number of hydrogen-bond donors (Lipinski definition) is 1. The minimum atomic E-state index is -0.974. The normalized spacial score (nSPS) is 15.9. The summed E-state index contributed by atoms with van der Waals surface area (Å²) in [7, 11) is 0. The lowest BCUT2D eigenvalue weighted by Crippen LogP contribution is -2.18. The summed E-state index contributed by atoms with van der Waals surface area (Å²) in [6, 6.07) is 28.1. The number of pyridine rings is 1. The number of aromatic nitrogens is 3. The summed E-state index contributed by atoms with van der Waals surface area (Å²) < 4.78 is 14.1. The van der Waals surface area contributed by atoms with Crippen LogP contribution in [0.1, 0.15) is 61.1 Å². The molecule has 6 rings (SSSR count). The second-order valence-corrected chi connectivity index (χ2v) is 10.5. The zero-order valence-electron chi connectivity index (χ0n) is 24.0. The fraction of sp³-hybridized carbons (Fsp3) is 0.194. The maximum absolute atomic E-state index is 11.0. The van der Waals surface area contributed by atoms with Gasteiger partial charge in [0.2, 0.25) is 5.88 Å². The van der Waals surface area contributed by atoms with Gasteiger partial charge in [-0.15, -0.1) is 0 Å². The first kappa shape index (κ1) is 28.1. The number of carbonyl (C=O) groups is 1. The van der Waals surface area contributed by atoms with Crippen LogP contribution in [-0.2, 0) is 9.53 Å². The van der Waals surface area contributed by atoms with Crippen molar-refractivity contribution in [1.29, 1.82) is 0 Å². The monoisotopic (exact) mass is 571 g/mol. The molecule has 1 fully saturated rings. The van der Waals surface area contributed by atoms with Crippen LogP contribution in [0.2, 0.25) is 0 Å². The van der Waals surface area contributed by atoms with Crippen molar-refractivity contribution >= 4 is 34.1 Å². The summed E-state index contributed by atoms with van der Waals surface area (Å²) in [5, 5.41) is 14.8. The van der Waals surface area contributed by atoms with Gasteiger partial charge in [0.15, 0.2) is 6.23 Å². The van der Waals surface area contributed by atoms with E-state index in [0.29, 0.717) is 11.6 Å². The lowest BCUT2D eigenvalue weighted by Gasteiger charge is -2.23. The zero-order chi connectivity index (χ0) is 29.6. The van der Waals surface area contributed by atoms with Crippen molar-refractivity contribution in [2.45, 2.75) is 38.8 Å². The number of allylic oxidation sites excluding steroid dienone is 1. The van der Waals surface area contributed by atoms with Crippen molar-refractivity contribution < 1.29 is 19.4 Å². The van der Waals surface area contributed by atoms with E-state index < -0.39 is 5.97 Å². The number of rotatable bonds is 9. The third kappa shape index (κ3) is 6.42. The SMILES string of the molecule is CC/C(=C(\c1ccc(C=CC(=O)O)cc1)c1ccc2c(cnn2C2CCCCO2)c1)c1cccc(Oc2ccccn2)c1. The van der Waals surface area contributed by atoms with Crippen LogP contribution in [-0.4, -0.2) is 32.4 Å². The smallest absolute Gasteiger partial charge is 0.328 e. The van der Waals surface area contributed by atoms with Crippen molar-refractivity contribution in [2.24, 2.45) is 0 Å². The Labute approximate surface area is 250 Å². The Morgan fingerprint density at radius 1 is 1.00 bits per heavy atom. The fourth-order valence-electron chi connectivity index (χ4n) is 5.60. The number of aliphatic carboxylic acids is 1. The maximum Gasteiger partial charge on any atom is 0.328 e. The zero-order valence-corrected chi connectivity index (χ0v) is 24.0. The summed E-state index contributed by atoms with van der Waals surface area (Å²) in [6.07, 6.45) is 10.3. The van der Waals surface area contributed by atoms with Gasteiger partial charge in [-0.3, -0.25) is 0 Å². The summed E-state index contributed by atoms with van der Waals surface area (Å²) in [5.41, 5.74) is 7.26. The van der Waals surface area contributed by atoms with Crippen LogP contribution >= 0.6 is 0 Å². The van der Waals surface area contributed by atoms with Gasteiger partial charge in [-0.05, 0) is 95.5 Å². The van der Waals surface area contributed by atoms with Gasteiger partial charge >= 0.3 is 5.97 Å². The van der Waals surface area contributed by atoms with Crippen LogP contribution in [0.4, 0.5) is 0 Å². The molecule has 0 aliphatic carbocycles. The molecule has 1 aliphatic rings. The molecule has 0 spiro atoms. The summed E-state index contributed by atoms with van der Waals surface area (Å²) >= 11 is 0. The summed E-state index contributed by atoms with van der Waals surface area (Å²) in [5.74, 6) is 0.273. The Bertz CT molecular complexity index is 1780. The first-order valence-electron chi connectivity index (χ1n) is 14.6. The average molecular weight is 572 g/mol. The second-order valence-electron chi connectivity index (χ2n) is 10.5. The Balaban J connectivity index is 1.45. The molecule has 3 aromatic carbocycles. The Kier molecular flexibility index (Phi) is 8.42. The quantitative estimate of drug-likeness (QED) is 0.141. The molecule has 1 atom stereocenters. The number of ether oxygens (including phenoxy) is 2. The number of nitrogens with zero attached hydrogens (tertiary/aromatic N) is 3. The first-order valence-corrected chi connectivity index (χ1v) is 14.6. The molecule has 1 saturated heterocycles. The fourth-order valence-corrected chi connectivity index (χ4v) is 5.60. The molecule has 2 aromatic heterocycles. The molecule has 0 bridgehead atoms. The first-order chi connectivity index (χ1) is 21.1. The summed E-state index contributed by atoms with van der Waals surface area (Å²) in [4.78, 5) is 15.4. The molecule has 7 nitrogen and oxygen atoms in total. The van der Waals surface area contributed by atoms with E-state index in [-0.39, 0.29) is 6.23 Å². The van der Waals surface area contributed by atoms with Gasteiger partial charge in [-0.2, -0.15) is 5.10 Å². The van der Waals surface area contributed by atoms with Gasteiger partial charge in [-0.1, -0.05) is 55.5 Å². The van der Waals surface area contributed by atoms with E-state index in [9.17, 15) is 4.79 Å². The standard InChI is InChI=1S/C36H33N3O4/c1-2-31(27-8-7-9-30(23-27)43-33-10-3-5-20-37-33)36(26-15-12-25(13-16-26)14-19-35(40)41)28-17-18-32-29(22-28)24-38-39(32)34-11-4-6-21-42-34/h3,5,7-10,12-20,22-24,34H,2,4,6,11,21H2,1H3,(H,40,41)/b19-14?,36-31-. The third-order valence-electron chi connectivity index (χ3n) is 7.63. The predicted molar refractivity (Wildman–Crippen MR) is 169 cm³/mol. The molecule has 1 unspecified atom stereocenters.